The number of carbonyl (C=O) groups is 1. The normalized spacial score (nSPS) is 15.6. The molecule has 0 N–H and O–H groups in total. The van der Waals surface area contributed by atoms with Gasteiger partial charge in [0.05, 0.1) is 12.8 Å². The minimum atomic E-state index is -3.36. The van der Waals surface area contributed by atoms with Crippen molar-refractivity contribution in [1.29, 1.82) is 0 Å². The fourth-order valence-corrected chi connectivity index (χ4v) is 3.81. The Morgan fingerprint density at radius 3 is 2.28 bits per heavy atom. The Bertz CT molecular complexity index is 641. The van der Waals surface area contributed by atoms with Crippen LogP contribution in [0.4, 0.5) is 5.69 Å². The Morgan fingerprint density at radius 2 is 1.72 bits per heavy atom. The predicted molar refractivity (Wildman–Crippen MR) is 101 cm³/mol. The molecule has 0 saturated carbocycles. The van der Waals surface area contributed by atoms with Crippen molar-refractivity contribution in [3.05, 3.63) is 30.3 Å². The van der Waals surface area contributed by atoms with Crippen LogP contribution < -0.4 is 4.90 Å². The van der Waals surface area contributed by atoms with Crippen LogP contribution in [0.3, 0.4) is 0 Å². The molecule has 0 spiro atoms. The molecule has 0 aromatic heterocycles. The molecule has 1 aromatic rings. The minimum absolute atomic E-state index is 0.0477. The third-order valence-corrected chi connectivity index (χ3v) is 5.80. The van der Waals surface area contributed by atoms with E-state index in [2.05, 4.69) is 24.0 Å². The van der Waals surface area contributed by atoms with Gasteiger partial charge >= 0.3 is 0 Å². The van der Waals surface area contributed by atoms with E-state index in [-0.39, 0.29) is 12.5 Å². The molecule has 2 rings (SSSR count). The Kier molecular flexibility index (Phi) is 7.25. The van der Waals surface area contributed by atoms with Crippen molar-refractivity contribution >= 4 is 21.6 Å². The van der Waals surface area contributed by atoms with Crippen molar-refractivity contribution in [1.82, 2.24) is 9.21 Å². The largest absolute Gasteiger partial charge is 0.368 e. The number of benzene rings is 1. The lowest BCUT2D eigenvalue weighted by Crippen LogP contribution is -2.51. The van der Waals surface area contributed by atoms with Crippen molar-refractivity contribution in [3.8, 4) is 0 Å². The van der Waals surface area contributed by atoms with Gasteiger partial charge < -0.3 is 9.80 Å². The molecule has 0 bridgehead atoms. The van der Waals surface area contributed by atoms with Crippen LogP contribution in [0.5, 0.6) is 0 Å². The van der Waals surface area contributed by atoms with E-state index >= 15 is 0 Å². The zero-order valence-corrected chi connectivity index (χ0v) is 16.0. The lowest BCUT2D eigenvalue weighted by molar-refractivity contribution is -0.131. The van der Waals surface area contributed by atoms with E-state index in [9.17, 15) is 13.2 Å². The van der Waals surface area contributed by atoms with Gasteiger partial charge in [-0.2, -0.15) is 4.31 Å². The van der Waals surface area contributed by atoms with Gasteiger partial charge in [-0.25, -0.2) is 8.42 Å². The van der Waals surface area contributed by atoms with Gasteiger partial charge in [-0.1, -0.05) is 38.0 Å². The van der Waals surface area contributed by atoms with Crippen LogP contribution in [0.25, 0.3) is 0 Å². The van der Waals surface area contributed by atoms with Crippen LogP contribution in [0, 0.1) is 0 Å². The van der Waals surface area contributed by atoms with E-state index in [4.69, 9.17) is 0 Å². The molecule has 140 valence electrons. The van der Waals surface area contributed by atoms with E-state index < -0.39 is 10.0 Å². The molecule has 1 aliphatic rings. The van der Waals surface area contributed by atoms with Gasteiger partial charge in [0.15, 0.2) is 0 Å². The molecule has 1 heterocycles. The number of rotatable bonds is 8. The van der Waals surface area contributed by atoms with Gasteiger partial charge in [0.2, 0.25) is 15.9 Å². The molecular formula is C18H29N3O3S. The maximum absolute atomic E-state index is 12.5. The highest BCUT2D eigenvalue weighted by Gasteiger charge is 2.26. The summed E-state index contributed by atoms with van der Waals surface area (Å²) in [6, 6.07) is 10.1. The maximum atomic E-state index is 12.5. The fourth-order valence-electron chi connectivity index (χ4n) is 3.00. The van der Waals surface area contributed by atoms with Crippen LogP contribution in [0.2, 0.25) is 0 Å². The lowest BCUT2D eigenvalue weighted by Gasteiger charge is -2.36. The van der Waals surface area contributed by atoms with E-state index in [1.54, 1.807) is 4.90 Å². The standard InChI is InChI=1S/C18H29N3O3S/c1-3-4-8-11-21(25(2,23)24)16-18(22)20-14-12-19(13-15-20)17-9-6-5-7-10-17/h5-7,9-10H,3-4,8,11-16H2,1-2H3. The van der Waals surface area contributed by atoms with Gasteiger partial charge in [-0.3, -0.25) is 4.79 Å². The van der Waals surface area contributed by atoms with E-state index in [0.29, 0.717) is 19.6 Å². The molecule has 1 saturated heterocycles. The monoisotopic (exact) mass is 367 g/mol. The molecule has 1 aliphatic heterocycles. The Balaban J connectivity index is 1.88. The summed E-state index contributed by atoms with van der Waals surface area (Å²) in [5, 5.41) is 0. The molecule has 0 atom stereocenters. The van der Waals surface area contributed by atoms with Crippen LogP contribution in [0.15, 0.2) is 30.3 Å². The quantitative estimate of drug-likeness (QED) is 0.657. The molecule has 1 aromatic carbocycles. The highest BCUT2D eigenvalue weighted by Crippen LogP contribution is 2.16. The number of piperazine rings is 1. The molecule has 1 fully saturated rings. The van der Waals surface area contributed by atoms with Crippen molar-refractivity contribution in [3.63, 3.8) is 0 Å². The fraction of sp³-hybridized carbons (Fsp3) is 0.611. The van der Waals surface area contributed by atoms with Gasteiger partial charge in [0.1, 0.15) is 0 Å². The second kappa shape index (κ2) is 9.20. The first-order valence-corrected chi connectivity index (χ1v) is 10.8. The molecule has 0 radical (unpaired) electrons. The Morgan fingerprint density at radius 1 is 1.08 bits per heavy atom. The van der Waals surface area contributed by atoms with Gasteiger partial charge in [0, 0.05) is 38.4 Å². The summed E-state index contributed by atoms with van der Waals surface area (Å²) < 4.78 is 25.2. The minimum Gasteiger partial charge on any atom is -0.368 e. The van der Waals surface area contributed by atoms with Crippen molar-refractivity contribution in [2.45, 2.75) is 26.2 Å². The summed E-state index contributed by atoms with van der Waals surface area (Å²) in [6.07, 6.45) is 3.96. The Labute approximate surface area is 151 Å². The van der Waals surface area contributed by atoms with Crippen molar-refractivity contribution < 1.29 is 13.2 Å². The van der Waals surface area contributed by atoms with Crippen molar-refractivity contribution in [2.75, 3.05) is 50.4 Å². The van der Waals surface area contributed by atoms with E-state index in [1.807, 2.05) is 18.2 Å². The number of nitrogens with zero attached hydrogens (tertiary/aromatic N) is 3. The summed E-state index contributed by atoms with van der Waals surface area (Å²) >= 11 is 0. The van der Waals surface area contributed by atoms with E-state index in [1.165, 1.54) is 10.6 Å². The first-order valence-electron chi connectivity index (χ1n) is 8.94. The maximum Gasteiger partial charge on any atom is 0.238 e. The first kappa shape index (κ1) is 19.7. The average molecular weight is 368 g/mol. The summed E-state index contributed by atoms with van der Waals surface area (Å²) in [5.74, 6) is -0.102. The van der Waals surface area contributed by atoms with Crippen LogP contribution in [0.1, 0.15) is 26.2 Å². The summed E-state index contributed by atoms with van der Waals surface area (Å²) in [6.45, 7) is 5.23. The zero-order chi connectivity index (χ0) is 18.3. The summed E-state index contributed by atoms with van der Waals surface area (Å²) in [5.41, 5.74) is 1.16. The summed E-state index contributed by atoms with van der Waals surface area (Å²) in [7, 11) is -3.36. The average Bonchev–Trinajstić information content (AvgIpc) is 2.61. The molecule has 7 heteroatoms. The number of carbonyl (C=O) groups excluding carboxylic acids is 1. The smallest absolute Gasteiger partial charge is 0.238 e. The molecule has 6 nitrogen and oxygen atoms in total. The third kappa shape index (κ3) is 6.01. The molecule has 0 aliphatic carbocycles. The zero-order valence-electron chi connectivity index (χ0n) is 15.2. The molecule has 1 amide bonds. The lowest BCUT2D eigenvalue weighted by atomic mass is 10.2. The molecule has 25 heavy (non-hydrogen) atoms. The number of hydrogen-bond acceptors (Lipinski definition) is 4. The van der Waals surface area contributed by atoms with Gasteiger partial charge in [-0.05, 0) is 18.6 Å². The number of hydrogen-bond donors (Lipinski definition) is 0. The van der Waals surface area contributed by atoms with Crippen molar-refractivity contribution in [2.24, 2.45) is 0 Å². The second-order valence-electron chi connectivity index (χ2n) is 6.51. The highest BCUT2D eigenvalue weighted by molar-refractivity contribution is 7.88. The Hall–Kier alpha value is -1.60. The SMILES string of the molecule is CCCCCN(CC(=O)N1CCN(c2ccccc2)CC1)S(C)(=O)=O. The molecule has 0 unspecified atom stereocenters. The van der Waals surface area contributed by atoms with Crippen LogP contribution in [-0.2, 0) is 14.8 Å². The summed E-state index contributed by atoms with van der Waals surface area (Å²) in [4.78, 5) is 16.6. The number of anilines is 1. The highest BCUT2D eigenvalue weighted by atomic mass is 32.2. The van der Waals surface area contributed by atoms with Gasteiger partial charge in [-0.15, -0.1) is 0 Å². The van der Waals surface area contributed by atoms with Crippen LogP contribution in [-0.4, -0.2) is 69.1 Å². The second-order valence-corrected chi connectivity index (χ2v) is 8.49. The number of amides is 1. The third-order valence-electron chi connectivity index (χ3n) is 4.55. The topological polar surface area (TPSA) is 60.9 Å². The predicted octanol–water partition coefficient (Wildman–Crippen LogP) is 1.79. The van der Waals surface area contributed by atoms with Gasteiger partial charge in [0.25, 0.3) is 0 Å². The number of unbranched alkanes of at least 4 members (excludes halogenated alkanes) is 2. The molecular weight excluding hydrogens is 338 g/mol. The number of sulfonamides is 1. The first-order chi connectivity index (χ1) is 11.9. The van der Waals surface area contributed by atoms with E-state index in [0.717, 1.165) is 38.0 Å². The number of para-hydroxylation sites is 1. The van der Waals surface area contributed by atoms with Crippen LogP contribution >= 0.6 is 0 Å².